The van der Waals surface area contributed by atoms with Gasteiger partial charge in [-0.05, 0) is 45.8 Å². The molecule has 0 bridgehead atoms. The number of hydrogen-bond donors (Lipinski definition) is 1. The molecule has 0 aromatic heterocycles. The Bertz CT molecular complexity index is 790. The molecule has 1 aliphatic heterocycles. The molecule has 0 amide bonds. The molecule has 3 aromatic rings. The normalized spacial score (nSPS) is 13.1. The molecule has 18 heavy (non-hydrogen) atoms. The summed E-state index contributed by atoms with van der Waals surface area (Å²) in [6, 6.07) is 17.0. The molecule has 0 radical (unpaired) electrons. The molecule has 0 saturated heterocycles. The van der Waals surface area contributed by atoms with E-state index in [-0.39, 0.29) is 0 Å². The van der Waals surface area contributed by atoms with Gasteiger partial charge in [-0.2, -0.15) is 0 Å². The lowest BCUT2D eigenvalue weighted by Gasteiger charge is -2.15. The van der Waals surface area contributed by atoms with Crippen molar-refractivity contribution in [3.63, 3.8) is 0 Å². The van der Waals surface area contributed by atoms with E-state index in [0.717, 1.165) is 11.3 Å². The predicted octanol–water partition coefficient (Wildman–Crippen LogP) is 3.86. The van der Waals surface area contributed by atoms with Crippen LogP contribution in [-0.2, 0) is 0 Å². The van der Waals surface area contributed by atoms with Crippen LogP contribution < -0.4 is 10.3 Å². The Kier molecular flexibility index (Phi) is 1.86. The minimum Gasteiger partial charge on any atom is -0.382 e. The van der Waals surface area contributed by atoms with Gasteiger partial charge in [-0.15, -0.1) is 0 Å². The Morgan fingerprint density at radius 3 is 2.56 bits per heavy atom. The van der Waals surface area contributed by atoms with Crippen molar-refractivity contribution in [3.05, 3.63) is 60.3 Å². The fraction of sp³-hybridized carbons (Fsp3) is 0. The Hall–Kier alpha value is -2.48. The minimum absolute atomic E-state index is 0.875. The van der Waals surface area contributed by atoms with Crippen molar-refractivity contribution in [3.8, 4) is 5.75 Å². The Balaban J connectivity index is 2.16. The van der Waals surface area contributed by atoms with Gasteiger partial charge in [-0.25, -0.2) is 5.48 Å². The van der Waals surface area contributed by atoms with Crippen LogP contribution in [0.5, 0.6) is 5.75 Å². The molecule has 2 heteroatoms. The second-order valence-corrected chi connectivity index (χ2v) is 4.45. The van der Waals surface area contributed by atoms with Crippen LogP contribution in [0.2, 0.25) is 0 Å². The van der Waals surface area contributed by atoms with Crippen LogP contribution in [0, 0.1) is 0 Å². The molecule has 0 spiro atoms. The number of rotatable bonds is 0. The summed E-state index contributed by atoms with van der Waals surface area (Å²) in [6.07, 6.45) is 3.87. The van der Waals surface area contributed by atoms with Crippen LogP contribution >= 0.6 is 0 Å². The SMILES string of the molecule is C1=Cc2c(ccc3cc4ccccc4cc23)ON1. The Morgan fingerprint density at radius 1 is 0.833 bits per heavy atom. The molecule has 86 valence electrons. The number of fused-ring (bicyclic) bond motifs is 4. The lowest BCUT2D eigenvalue weighted by Crippen LogP contribution is -2.14. The first-order valence-corrected chi connectivity index (χ1v) is 5.96. The molecular weight excluding hydrogens is 222 g/mol. The summed E-state index contributed by atoms with van der Waals surface area (Å²) in [4.78, 5) is 5.41. The number of hydroxylamine groups is 1. The Labute approximate surface area is 104 Å². The molecule has 0 unspecified atom stereocenters. The summed E-state index contributed by atoms with van der Waals surface area (Å²) in [7, 11) is 0. The van der Waals surface area contributed by atoms with Gasteiger partial charge >= 0.3 is 0 Å². The maximum Gasteiger partial charge on any atom is 0.162 e. The van der Waals surface area contributed by atoms with Crippen LogP contribution in [-0.4, -0.2) is 0 Å². The smallest absolute Gasteiger partial charge is 0.162 e. The van der Waals surface area contributed by atoms with Crippen LogP contribution in [0.25, 0.3) is 27.6 Å². The van der Waals surface area contributed by atoms with Gasteiger partial charge in [0, 0.05) is 11.8 Å². The second-order valence-electron chi connectivity index (χ2n) is 4.45. The first-order valence-electron chi connectivity index (χ1n) is 5.96. The molecule has 1 aliphatic rings. The average Bonchev–Trinajstić information content (AvgIpc) is 2.45. The standard InChI is InChI=1S/C16H11NO/c1-2-4-12-10-15-13(9-11(12)3-1)5-6-16-14(15)7-8-17-18-16/h1-10,17H. The van der Waals surface area contributed by atoms with Crippen molar-refractivity contribution >= 4 is 27.6 Å². The van der Waals surface area contributed by atoms with Gasteiger partial charge in [-0.3, -0.25) is 0 Å². The van der Waals surface area contributed by atoms with E-state index < -0.39 is 0 Å². The molecule has 2 nitrogen and oxygen atoms in total. The first kappa shape index (κ1) is 9.54. The summed E-state index contributed by atoms with van der Waals surface area (Å²) in [5.74, 6) is 0.875. The number of benzene rings is 3. The molecule has 3 aromatic carbocycles. The first-order chi connectivity index (χ1) is 8.92. The zero-order valence-electron chi connectivity index (χ0n) is 9.68. The molecule has 1 heterocycles. The number of hydrogen-bond acceptors (Lipinski definition) is 2. The third kappa shape index (κ3) is 1.29. The van der Waals surface area contributed by atoms with Crippen LogP contribution in [0.4, 0.5) is 0 Å². The molecule has 0 atom stereocenters. The van der Waals surface area contributed by atoms with E-state index in [9.17, 15) is 0 Å². The third-order valence-corrected chi connectivity index (χ3v) is 3.37. The van der Waals surface area contributed by atoms with Gasteiger partial charge < -0.3 is 4.84 Å². The molecular formula is C16H11NO. The zero-order chi connectivity index (χ0) is 11.9. The van der Waals surface area contributed by atoms with Crippen LogP contribution in [0.1, 0.15) is 5.56 Å². The summed E-state index contributed by atoms with van der Waals surface area (Å²) >= 11 is 0. The highest BCUT2D eigenvalue weighted by atomic mass is 16.6. The summed E-state index contributed by atoms with van der Waals surface area (Å²) in [5, 5.41) is 4.99. The minimum atomic E-state index is 0.875. The fourth-order valence-corrected chi connectivity index (χ4v) is 2.49. The summed E-state index contributed by atoms with van der Waals surface area (Å²) in [6.45, 7) is 0. The highest BCUT2D eigenvalue weighted by molar-refractivity contribution is 6.02. The van der Waals surface area contributed by atoms with Crippen LogP contribution in [0.15, 0.2) is 54.7 Å². The predicted molar refractivity (Wildman–Crippen MR) is 74.3 cm³/mol. The van der Waals surface area contributed by atoms with E-state index >= 15 is 0 Å². The van der Waals surface area contributed by atoms with Gasteiger partial charge in [-0.1, -0.05) is 30.3 Å². The van der Waals surface area contributed by atoms with Gasteiger partial charge in [0.25, 0.3) is 0 Å². The van der Waals surface area contributed by atoms with E-state index in [0.29, 0.717) is 0 Å². The largest absolute Gasteiger partial charge is 0.382 e. The van der Waals surface area contributed by atoms with Gasteiger partial charge in [0.2, 0.25) is 0 Å². The highest BCUT2D eigenvalue weighted by Crippen LogP contribution is 2.33. The van der Waals surface area contributed by atoms with Crippen molar-refractivity contribution in [1.82, 2.24) is 5.48 Å². The molecule has 0 fully saturated rings. The van der Waals surface area contributed by atoms with Crippen molar-refractivity contribution in [2.75, 3.05) is 0 Å². The maximum absolute atomic E-state index is 5.41. The highest BCUT2D eigenvalue weighted by Gasteiger charge is 2.10. The van der Waals surface area contributed by atoms with Crippen molar-refractivity contribution in [2.24, 2.45) is 0 Å². The van der Waals surface area contributed by atoms with E-state index in [1.54, 1.807) is 0 Å². The van der Waals surface area contributed by atoms with E-state index in [1.165, 1.54) is 21.5 Å². The number of nitrogens with one attached hydrogen (secondary N) is 1. The molecule has 0 aliphatic carbocycles. The van der Waals surface area contributed by atoms with Crippen molar-refractivity contribution in [2.45, 2.75) is 0 Å². The quantitative estimate of drug-likeness (QED) is 0.595. The monoisotopic (exact) mass is 233 g/mol. The van der Waals surface area contributed by atoms with E-state index in [2.05, 4.69) is 54.0 Å². The fourth-order valence-electron chi connectivity index (χ4n) is 2.49. The van der Waals surface area contributed by atoms with E-state index in [4.69, 9.17) is 4.84 Å². The zero-order valence-corrected chi connectivity index (χ0v) is 9.68. The maximum atomic E-state index is 5.41. The summed E-state index contributed by atoms with van der Waals surface area (Å²) < 4.78 is 0. The van der Waals surface area contributed by atoms with Gasteiger partial charge in [0.05, 0.1) is 0 Å². The molecule has 4 rings (SSSR count). The average molecular weight is 233 g/mol. The second kappa shape index (κ2) is 3.50. The van der Waals surface area contributed by atoms with Crippen molar-refractivity contribution in [1.29, 1.82) is 0 Å². The molecule has 1 N–H and O–H groups in total. The van der Waals surface area contributed by atoms with Gasteiger partial charge in [0.1, 0.15) is 0 Å². The Morgan fingerprint density at radius 2 is 1.67 bits per heavy atom. The topological polar surface area (TPSA) is 21.3 Å². The summed E-state index contributed by atoms with van der Waals surface area (Å²) in [5.41, 5.74) is 3.90. The van der Waals surface area contributed by atoms with Crippen molar-refractivity contribution < 1.29 is 4.84 Å². The van der Waals surface area contributed by atoms with Gasteiger partial charge in [0.15, 0.2) is 5.75 Å². The molecule has 0 saturated carbocycles. The lowest BCUT2D eigenvalue weighted by molar-refractivity contribution is 0.239. The lowest BCUT2D eigenvalue weighted by atomic mass is 9.99. The van der Waals surface area contributed by atoms with E-state index in [1.807, 2.05) is 12.3 Å². The van der Waals surface area contributed by atoms with Crippen LogP contribution in [0.3, 0.4) is 0 Å². The third-order valence-electron chi connectivity index (χ3n) is 3.37.